The summed E-state index contributed by atoms with van der Waals surface area (Å²) in [6.45, 7) is 2.01. The second-order valence-electron chi connectivity index (χ2n) is 6.53. The van der Waals surface area contributed by atoms with E-state index in [2.05, 4.69) is 15.3 Å². The molecule has 0 radical (unpaired) electrons. The maximum atomic E-state index is 13.1. The Bertz CT molecular complexity index is 1010. The molecule has 1 aliphatic rings. The SMILES string of the molecule is COc1ncccc1-c1c(C)c2cc(NC(=O)[C@@H]3C[C@@H]3F)ncc2n1C. The van der Waals surface area contributed by atoms with Crippen molar-refractivity contribution in [1.29, 1.82) is 0 Å². The van der Waals surface area contributed by atoms with Gasteiger partial charge in [0.15, 0.2) is 0 Å². The number of ether oxygens (including phenoxy) is 1. The second kappa shape index (κ2) is 6.09. The molecule has 7 heteroatoms. The van der Waals surface area contributed by atoms with Crippen molar-refractivity contribution >= 4 is 22.6 Å². The Hall–Kier alpha value is -2.96. The Labute approximate surface area is 150 Å². The van der Waals surface area contributed by atoms with Gasteiger partial charge in [-0.3, -0.25) is 4.79 Å². The fourth-order valence-corrected chi connectivity index (χ4v) is 3.35. The van der Waals surface area contributed by atoms with Crippen LogP contribution in [0.15, 0.2) is 30.6 Å². The topological polar surface area (TPSA) is 69.0 Å². The fourth-order valence-electron chi connectivity index (χ4n) is 3.35. The highest BCUT2D eigenvalue weighted by molar-refractivity contribution is 5.98. The minimum Gasteiger partial charge on any atom is -0.481 e. The number of nitrogens with zero attached hydrogens (tertiary/aromatic N) is 3. The largest absolute Gasteiger partial charge is 0.481 e. The first-order valence-electron chi connectivity index (χ1n) is 8.40. The molecule has 1 aliphatic carbocycles. The van der Waals surface area contributed by atoms with Crippen molar-refractivity contribution in [3.05, 3.63) is 36.2 Å². The zero-order valence-electron chi connectivity index (χ0n) is 14.8. The van der Waals surface area contributed by atoms with Crippen molar-refractivity contribution in [2.24, 2.45) is 13.0 Å². The second-order valence-corrected chi connectivity index (χ2v) is 6.53. The molecule has 1 fully saturated rings. The van der Waals surface area contributed by atoms with Crippen LogP contribution in [0.4, 0.5) is 10.2 Å². The zero-order chi connectivity index (χ0) is 18.4. The molecule has 3 heterocycles. The number of anilines is 1. The van der Waals surface area contributed by atoms with Gasteiger partial charge in [-0.25, -0.2) is 14.4 Å². The highest BCUT2D eigenvalue weighted by atomic mass is 19.1. The van der Waals surface area contributed by atoms with Crippen LogP contribution in [0, 0.1) is 12.8 Å². The number of rotatable bonds is 4. The number of hydrogen-bond acceptors (Lipinski definition) is 4. The monoisotopic (exact) mass is 354 g/mol. The van der Waals surface area contributed by atoms with Crippen LogP contribution in [0.25, 0.3) is 22.2 Å². The highest BCUT2D eigenvalue weighted by Gasteiger charge is 2.43. The Morgan fingerprint density at radius 3 is 2.88 bits per heavy atom. The summed E-state index contributed by atoms with van der Waals surface area (Å²) in [4.78, 5) is 20.5. The number of carbonyl (C=O) groups is 1. The van der Waals surface area contributed by atoms with E-state index in [1.54, 1.807) is 19.5 Å². The Kier molecular flexibility index (Phi) is 3.86. The molecule has 0 saturated heterocycles. The molecule has 1 amide bonds. The van der Waals surface area contributed by atoms with Gasteiger partial charge < -0.3 is 14.6 Å². The lowest BCUT2D eigenvalue weighted by atomic mass is 10.1. The normalized spacial score (nSPS) is 18.8. The highest BCUT2D eigenvalue weighted by Crippen LogP contribution is 2.37. The number of aryl methyl sites for hydroxylation is 2. The lowest BCUT2D eigenvalue weighted by Crippen LogP contribution is -2.15. The number of amides is 1. The molecule has 0 spiro atoms. The van der Waals surface area contributed by atoms with Gasteiger partial charge in [-0.05, 0) is 37.1 Å². The van der Waals surface area contributed by atoms with E-state index in [1.165, 1.54) is 0 Å². The lowest BCUT2D eigenvalue weighted by Gasteiger charge is -2.09. The summed E-state index contributed by atoms with van der Waals surface area (Å²) >= 11 is 0. The molecule has 2 atom stereocenters. The van der Waals surface area contributed by atoms with Gasteiger partial charge in [-0.1, -0.05) is 0 Å². The Balaban J connectivity index is 1.77. The summed E-state index contributed by atoms with van der Waals surface area (Å²) in [5, 5.41) is 3.67. The molecule has 6 nitrogen and oxygen atoms in total. The first-order valence-corrected chi connectivity index (χ1v) is 8.40. The molecular formula is C19H19FN4O2. The van der Waals surface area contributed by atoms with Crippen LogP contribution in [-0.4, -0.2) is 33.7 Å². The number of methoxy groups -OCH3 is 1. The predicted octanol–water partition coefficient (Wildman–Crippen LogP) is 3.25. The number of carbonyl (C=O) groups excluding carboxylic acids is 1. The Morgan fingerprint density at radius 2 is 2.19 bits per heavy atom. The molecule has 0 aliphatic heterocycles. The van der Waals surface area contributed by atoms with Crippen molar-refractivity contribution in [2.75, 3.05) is 12.4 Å². The van der Waals surface area contributed by atoms with E-state index in [4.69, 9.17) is 4.74 Å². The number of pyridine rings is 2. The third kappa shape index (κ3) is 2.60. The molecule has 134 valence electrons. The maximum absolute atomic E-state index is 13.1. The first-order chi connectivity index (χ1) is 12.5. The first kappa shape index (κ1) is 16.5. The molecule has 26 heavy (non-hydrogen) atoms. The molecule has 3 aromatic heterocycles. The smallest absolute Gasteiger partial charge is 0.231 e. The summed E-state index contributed by atoms with van der Waals surface area (Å²) in [6, 6.07) is 5.64. The zero-order valence-corrected chi connectivity index (χ0v) is 14.8. The van der Waals surface area contributed by atoms with E-state index in [9.17, 15) is 9.18 Å². The number of aromatic nitrogens is 3. The van der Waals surface area contributed by atoms with Gasteiger partial charge in [0.25, 0.3) is 0 Å². The van der Waals surface area contributed by atoms with E-state index in [0.29, 0.717) is 18.1 Å². The van der Waals surface area contributed by atoms with Crippen molar-refractivity contribution < 1.29 is 13.9 Å². The number of nitrogens with one attached hydrogen (secondary N) is 1. The van der Waals surface area contributed by atoms with Crippen molar-refractivity contribution in [3.63, 3.8) is 0 Å². The minimum absolute atomic E-state index is 0.295. The van der Waals surface area contributed by atoms with Crippen LogP contribution in [0.1, 0.15) is 12.0 Å². The van der Waals surface area contributed by atoms with Crippen LogP contribution >= 0.6 is 0 Å². The van der Waals surface area contributed by atoms with Crippen molar-refractivity contribution in [1.82, 2.24) is 14.5 Å². The van der Waals surface area contributed by atoms with E-state index >= 15 is 0 Å². The summed E-state index contributed by atoms with van der Waals surface area (Å²) in [5.41, 5.74) is 3.81. The van der Waals surface area contributed by atoms with Crippen LogP contribution in [-0.2, 0) is 11.8 Å². The molecule has 0 unspecified atom stereocenters. The molecule has 3 aromatic rings. The van der Waals surface area contributed by atoms with Crippen LogP contribution < -0.4 is 10.1 Å². The third-order valence-electron chi connectivity index (χ3n) is 4.86. The van der Waals surface area contributed by atoms with Gasteiger partial charge in [0.05, 0.1) is 36.0 Å². The summed E-state index contributed by atoms with van der Waals surface area (Å²) < 4.78 is 20.5. The van der Waals surface area contributed by atoms with Gasteiger partial charge >= 0.3 is 0 Å². The van der Waals surface area contributed by atoms with E-state index in [0.717, 1.165) is 27.7 Å². The number of fused-ring (bicyclic) bond motifs is 1. The minimum atomic E-state index is -1.03. The van der Waals surface area contributed by atoms with Gasteiger partial charge in [0, 0.05) is 18.6 Å². The average molecular weight is 354 g/mol. The standard InChI is InChI=1S/C19H19FN4O2/c1-10-12-8-16(23-18(25)13-7-14(13)20)22-9-15(12)24(2)17(10)11-5-4-6-21-19(11)26-3/h4-6,8-9,13-14H,7H2,1-3H3,(H,22,23,25)/t13-,14+/m1/s1. The van der Waals surface area contributed by atoms with Crippen LogP contribution in [0.2, 0.25) is 0 Å². The van der Waals surface area contributed by atoms with E-state index in [1.807, 2.05) is 36.7 Å². The molecule has 1 N–H and O–H groups in total. The molecule has 1 saturated carbocycles. The summed E-state index contributed by atoms with van der Waals surface area (Å²) in [7, 11) is 3.55. The van der Waals surface area contributed by atoms with Crippen molar-refractivity contribution in [3.8, 4) is 17.1 Å². The van der Waals surface area contributed by atoms with Crippen LogP contribution in [0.3, 0.4) is 0 Å². The average Bonchev–Trinajstić information content (AvgIpc) is 3.33. The predicted molar refractivity (Wildman–Crippen MR) is 96.9 cm³/mol. The Morgan fingerprint density at radius 1 is 1.42 bits per heavy atom. The van der Waals surface area contributed by atoms with Crippen molar-refractivity contribution in [2.45, 2.75) is 19.5 Å². The van der Waals surface area contributed by atoms with E-state index in [-0.39, 0.29) is 5.91 Å². The molecular weight excluding hydrogens is 335 g/mol. The van der Waals surface area contributed by atoms with Gasteiger partial charge in [0.1, 0.15) is 12.0 Å². The maximum Gasteiger partial charge on any atom is 0.231 e. The molecule has 0 aromatic carbocycles. The summed E-state index contributed by atoms with van der Waals surface area (Å²) in [6.07, 6.45) is 2.67. The molecule has 4 rings (SSSR count). The van der Waals surface area contributed by atoms with Gasteiger partial charge in [-0.2, -0.15) is 0 Å². The molecule has 0 bridgehead atoms. The van der Waals surface area contributed by atoms with Gasteiger partial charge in [-0.15, -0.1) is 0 Å². The fraction of sp³-hybridized carbons (Fsp3) is 0.316. The quantitative estimate of drug-likeness (QED) is 0.781. The lowest BCUT2D eigenvalue weighted by molar-refractivity contribution is -0.117. The third-order valence-corrected chi connectivity index (χ3v) is 4.86. The van der Waals surface area contributed by atoms with Gasteiger partial charge in [0.2, 0.25) is 11.8 Å². The number of halogens is 1. The summed E-state index contributed by atoms with van der Waals surface area (Å²) in [5.74, 6) is 0.123. The van der Waals surface area contributed by atoms with E-state index < -0.39 is 12.1 Å². The number of alkyl halides is 1. The number of hydrogen-bond donors (Lipinski definition) is 1. The van der Waals surface area contributed by atoms with Crippen LogP contribution in [0.5, 0.6) is 5.88 Å².